The van der Waals surface area contributed by atoms with Gasteiger partial charge in [-0.2, -0.15) is 0 Å². The molecular formula is C15H19N3O3. The summed E-state index contributed by atoms with van der Waals surface area (Å²) in [6.45, 7) is 0.875. The molecule has 0 radical (unpaired) electrons. The molecule has 0 bridgehead atoms. The number of methoxy groups -OCH3 is 1. The molecule has 0 unspecified atom stereocenters. The number of carbonyl (C=O) groups is 1. The number of imidazole rings is 1. The van der Waals surface area contributed by atoms with Gasteiger partial charge in [-0.25, -0.2) is 4.98 Å². The van der Waals surface area contributed by atoms with Crippen molar-refractivity contribution in [3.8, 4) is 0 Å². The Kier molecular flexibility index (Phi) is 5.48. The van der Waals surface area contributed by atoms with E-state index >= 15 is 0 Å². The zero-order valence-corrected chi connectivity index (χ0v) is 11.9. The molecule has 2 rings (SSSR count). The SMILES string of the molecule is COC(=O)[C@H](N)Cc1cncn1COCc1ccccc1. The summed E-state index contributed by atoms with van der Waals surface area (Å²) in [7, 11) is 1.32. The summed E-state index contributed by atoms with van der Waals surface area (Å²) in [5, 5.41) is 0. The molecule has 112 valence electrons. The molecule has 6 heteroatoms. The molecule has 0 saturated carbocycles. The number of nitrogens with zero attached hydrogens (tertiary/aromatic N) is 2. The van der Waals surface area contributed by atoms with Gasteiger partial charge in [-0.05, 0) is 5.56 Å². The van der Waals surface area contributed by atoms with Gasteiger partial charge < -0.3 is 19.8 Å². The summed E-state index contributed by atoms with van der Waals surface area (Å²) in [5.74, 6) is -0.437. The Hall–Kier alpha value is -2.18. The van der Waals surface area contributed by atoms with Crippen molar-refractivity contribution >= 4 is 5.97 Å². The van der Waals surface area contributed by atoms with Crippen molar-refractivity contribution in [2.75, 3.05) is 7.11 Å². The molecule has 0 amide bonds. The highest BCUT2D eigenvalue weighted by Crippen LogP contribution is 2.06. The number of aromatic nitrogens is 2. The fourth-order valence-corrected chi connectivity index (χ4v) is 1.93. The second-order valence-corrected chi connectivity index (χ2v) is 4.65. The van der Waals surface area contributed by atoms with Crippen LogP contribution in [0.1, 0.15) is 11.3 Å². The minimum atomic E-state index is -0.695. The predicted octanol–water partition coefficient (Wildman–Crippen LogP) is 1.10. The summed E-state index contributed by atoms with van der Waals surface area (Å²) in [4.78, 5) is 15.4. The zero-order chi connectivity index (χ0) is 15.1. The summed E-state index contributed by atoms with van der Waals surface area (Å²) in [6, 6.07) is 9.21. The Morgan fingerprint density at radius 1 is 1.38 bits per heavy atom. The Balaban J connectivity index is 1.87. The first-order valence-electron chi connectivity index (χ1n) is 6.65. The van der Waals surface area contributed by atoms with Crippen molar-refractivity contribution in [3.63, 3.8) is 0 Å². The molecule has 0 aliphatic rings. The third-order valence-electron chi connectivity index (χ3n) is 3.07. The third kappa shape index (κ3) is 4.40. The molecule has 1 aromatic carbocycles. The van der Waals surface area contributed by atoms with Gasteiger partial charge in [-0.1, -0.05) is 30.3 Å². The molecule has 21 heavy (non-hydrogen) atoms. The summed E-state index contributed by atoms with van der Waals surface area (Å²) < 4.78 is 12.1. The van der Waals surface area contributed by atoms with E-state index in [2.05, 4.69) is 9.72 Å². The number of benzene rings is 1. The minimum absolute atomic E-state index is 0.359. The van der Waals surface area contributed by atoms with Crippen LogP contribution >= 0.6 is 0 Å². The van der Waals surface area contributed by atoms with Crippen LogP contribution in [0.2, 0.25) is 0 Å². The first-order chi connectivity index (χ1) is 10.2. The molecule has 6 nitrogen and oxygen atoms in total. The lowest BCUT2D eigenvalue weighted by molar-refractivity contribution is -0.142. The fraction of sp³-hybridized carbons (Fsp3) is 0.333. The van der Waals surface area contributed by atoms with Crippen LogP contribution in [0.25, 0.3) is 0 Å². The van der Waals surface area contributed by atoms with Crippen LogP contribution in [-0.4, -0.2) is 28.7 Å². The Labute approximate surface area is 123 Å². The monoisotopic (exact) mass is 289 g/mol. The van der Waals surface area contributed by atoms with E-state index in [-0.39, 0.29) is 0 Å². The normalized spacial score (nSPS) is 12.1. The molecule has 0 fully saturated rings. The van der Waals surface area contributed by atoms with Crippen LogP contribution in [0.4, 0.5) is 0 Å². The maximum absolute atomic E-state index is 11.3. The first-order valence-corrected chi connectivity index (χ1v) is 6.65. The molecule has 1 heterocycles. The van der Waals surface area contributed by atoms with Gasteiger partial charge in [0.2, 0.25) is 0 Å². The van der Waals surface area contributed by atoms with Crippen molar-refractivity contribution in [3.05, 3.63) is 54.1 Å². The van der Waals surface area contributed by atoms with Crippen LogP contribution in [-0.2, 0) is 34.0 Å². The zero-order valence-electron chi connectivity index (χ0n) is 11.9. The highest BCUT2D eigenvalue weighted by Gasteiger charge is 2.16. The third-order valence-corrected chi connectivity index (χ3v) is 3.07. The smallest absolute Gasteiger partial charge is 0.323 e. The number of rotatable bonds is 7. The molecule has 0 aliphatic heterocycles. The average molecular weight is 289 g/mol. The van der Waals surface area contributed by atoms with Crippen LogP contribution in [0.3, 0.4) is 0 Å². The number of hydrogen-bond acceptors (Lipinski definition) is 5. The number of esters is 1. The maximum atomic E-state index is 11.3. The number of carbonyl (C=O) groups excluding carboxylic acids is 1. The Morgan fingerprint density at radius 2 is 2.14 bits per heavy atom. The highest BCUT2D eigenvalue weighted by molar-refractivity contribution is 5.75. The second kappa shape index (κ2) is 7.56. The quantitative estimate of drug-likeness (QED) is 0.772. The van der Waals surface area contributed by atoms with Crippen molar-refractivity contribution in [1.29, 1.82) is 0 Å². The van der Waals surface area contributed by atoms with Gasteiger partial charge in [0.1, 0.15) is 12.8 Å². The van der Waals surface area contributed by atoms with Crippen LogP contribution < -0.4 is 5.73 Å². The lowest BCUT2D eigenvalue weighted by atomic mass is 10.2. The molecule has 0 aliphatic carbocycles. The van der Waals surface area contributed by atoms with Gasteiger partial charge in [0, 0.05) is 18.3 Å². The lowest BCUT2D eigenvalue weighted by Gasteiger charge is -2.12. The van der Waals surface area contributed by atoms with Crippen molar-refractivity contribution in [2.24, 2.45) is 5.73 Å². The minimum Gasteiger partial charge on any atom is -0.468 e. The van der Waals surface area contributed by atoms with Crippen LogP contribution in [0, 0.1) is 0 Å². The van der Waals surface area contributed by atoms with Crippen molar-refractivity contribution in [1.82, 2.24) is 9.55 Å². The van der Waals surface area contributed by atoms with E-state index in [1.54, 1.807) is 12.5 Å². The van der Waals surface area contributed by atoms with E-state index in [0.29, 0.717) is 19.8 Å². The highest BCUT2D eigenvalue weighted by atomic mass is 16.5. The van der Waals surface area contributed by atoms with Gasteiger partial charge >= 0.3 is 5.97 Å². The van der Waals surface area contributed by atoms with E-state index in [4.69, 9.17) is 10.5 Å². The topological polar surface area (TPSA) is 79.4 Å². The number of ether oxygens (including phenoxy) is 2. The van der Waals surface area contributed by atoms with Gasteiger partial charge in [0.15, 0.2) is 0 Å². The standard InChI is InChI=1S/C15H19N3O3/c1-20-15(19)14(16)7-13-8-17-10-18(13)11-21-9-12-5-3-2-4-6-12/h2-6,8,10,14H,7,9,11,16H2,1H3/t14-/m1/s1. The molecule has 2 N–H and O–H groups in total. The lowest BCUT2D eigenvalue weighted by Crippen LogP contribution is -2.34. The predicted molar refractivity (Wildman–Crippen MR) is 77.2 cm³/mol. The molecule has 1 aromatic heterocycles. The molecule has 0 spiro atoms. The number of hydrogen-bond donors (Lipinski definition) is 1. The largest absolute Gasteiger partial charge is 0.468 e. The second-order valence-electron chi connectivity index (χ2n) is 4.65. The first kappa shape index (κ1) is 15.2. The van der Waals surface area contributed by atoms with Crippen molar-refractivity contribution in [2.45, 2.75) is 25.8 Å². The Bertz CT molecular complexity index is 569. The van der Waals surface area contributed by atoms with Crippen LogP contribution in [0.15, 0.2) is 42.9 Å². The van der Waals surface area contributed by atoms with E-state index in [0.717, 1.165) is 11.3 Å². The van der Waals surface area contributed by atoms with E-state index < -0.39 is 12.0 Å². The summed E-state index contributed by atoms with van der Waals surface area (Å²) >= 11 is 0. The molecule has 2 aromatic rings. The molecule has 0 saturated heterocycles. The molecule has 1 atom stereocenters. The Morgan fingerprint density at radius 3 is 2.86 bits per heavy atom. The van der Waals surface area contributed by atoms with Gasteiger partial charge in [-0.3, -0.25) is 4.79 Å². The maximum Gasteiger partial charge on any atom is 0.323 e. The van der Waals surface area contributed by atoms with E-state index in [1.807, 2.05) is 34.9 Å². The fourth-order valence-electron chi connectivity index (χ4n) is 1.93. The number of nitrogens with two attached hydrogens (primary N) is 1. The van der Waals surface area contributed by atoms with Gasteiger partial charge in [-0.15, -0.1) is 0 Å². The van der Waals surface area contributed by atoms with Gasteiger partial charge in [0.25, 0.3) is 0 Å². The van der Waals surface area contributed by atoms with Crippen LogP contribution in [0.5, 0.6) is 0 Å². The van der Waals surface area contributed by atoms with E-state index in [9.17, 15) is 4.79 Å². The molecular weight excluding hydrogens is 270 g/mol. The summed E-state index contributed by atoms with van der Waals surface area (Å²) in [6.07, 6.45) is 3.69. The van der Waals surface area contributed by atoms with Gasteiger partial charge in [0.05, 0.1) is 20.0 Å². The van der Waals surface area contributed by atoms with Crippen molar-refractivity contribution < 1.29 is 14.3 Å². The summed E-state index contributed by atoms with van der Waals surface area (Å²) in [5.41, 5.74) is 7.69. The average Bonchev–Trinajstić information content (AvgIpc) is 2.94. The van der Waals surface area contributed by atoms with E-state index in [1.165, 1.54) is 7.11 Å².